The largest absolute Gasteiger partial charge is 0.355 e. The Bertz CT molecular complexity index is 1930. The molecule has 14 heteroatoms. The lowest BCUT2D eigenvalue weighted by Crippen LogP contribution is -2.54. The molecule has 0 N–H and O–H groups in total. The molecule has 1 aliphatic rings. The Labute approximate surface area is 238 Å². The molecule has 0 spiro atoms. The lowest BCUT2D eigenvalue weighted by Gasteiger charge is -2.40. The first-order valence-electron chi connectivity index (χ1n) is 12.7. The van der Waals surface area contributed by atoms with Crippen molar-refractivity contribution in [3.63, 3.8) is 0 Å². The number of halogens is 3. The summed E-state index contributed by atoms with van der Waals surface area (Å²) in [6.07, 6.45) is 3.39. The van der Waals surface area contributed by atoms with Gasteiger partial charge >= 0.3 is 5.69 Å². The van der Waals surface area contributed by atoms with Crippen molar-refractivity contribution in [2.45, 2.75) is 24.8 Å². The van der Waals surface area contributed by atoms with E-state index in [0.717, 1.165) is 35.1 Å². The van der Waals surface area contributed by atoms with E-state index in [-0.39, 0.29) is 58.7 Å². The molecule has 0 radical (unpaired) electrons. The molecule has 1 amide bonds. The fourth-order valence-electron chi connectivity index (χ4n) is 5.13. The Morgan fingerprint density at radius 3 is 2.40 bits per heavy atom. The number of anilines is 1. The standard InChI is InChI=1S/C28H25F3N6O4S/c1-5-22(38)35-11-12-36(15(2)14-35)26-17-13-20(31)24(23-18(29)7-6-8-19(23)30)33-27(17)37(28(39)34-26)25-16(3)32-10-9-21(25)42(4,40)41/h5-10,13,15H,1,11-12,14H2,2-4H3/t15-/m0/s1. The molecule has 0 bridgehead atoms. The molecule has 1 aliphatic heterocycles. The molecule has 1 fully saturated rings. The molecule has 0 saturated carbocycles. The maximum Gasteiger partial charge on any atom is 0.355 e. The molecule has 10 nitrogen and oxygen atoms in total. The van der Waals surface area contributed by atoms with Gasteiger partial charge in [-0.25, -0.2) is 35.9 Å². The summed E-state index contributed by atoms with van der Waals surface area (Å²) in [6.45, 7) is 7.44. The van der Waals surface area contributed by atoms with Crippen LogP contribution in [0.4, 0.5) is 19.0 Å². The van der Waals surface area contributed by atoms with E-state index in [4.69, 9.17) is 0 Å². The maximum absolute atomic E-state index is 15.7. The summed E-state index contributed by atoms with van der Waals surface area (Å²) in [5, 5.41) is -0.0225. The van der Waals surface area contributed by atoms with E-state index in [0.29, 0.717) is 0 Å². The van der Waals surface area contributed by atoms with Crippen molar-refractivity contribution in [2.75, 3.05) is 30.8 Å². The number of fused-ring (bicyclic) bond motifs is 1. The van der Waals surface area contributed by atoms with Crippen LogP contribution in [0.15, 0.2) is 58.9 Å². The van der Waals surface area contributed by atoms with Crippen molar-refractivity contribution in [1.82, 2.24) is 24.4 Å². The van der Waals surface area contributed by atoms with Crippen molar-refractivity contribution in [1.29, 1.82) is 0 Å². The third-order valence-electron chi connectivity index (χ3n) is 7.08. The number of hydrogen-bond donors (Lipinski definition) is 0. The lowest BCUT2D eigenvalue weighted by molar-refractivity contribution is -0.126. The number of aromatic nitrogens is 4. The van der Waals surface area contributed by atoms with Crippen molar-refractivity contribution >= 4 is 32.6 Å². The number of carbonyl (C=O) groups is 1. The van der Waals surface area contributed by atoms with Crippen LogP contribution in [0.5, 0.6) is 0 Å². The second kappa shape index (κ2) is 10.7. The van der Waals surface area contributed by atoms with Gasteiger partial charge in [-0.05, 0) is 44.2 Å². The third-order valence-corrected chi connectivity index (χ3v) is 8.21. The number of pyridine rings is 2. The number of rotatable bonds is 5. The zero-order chi connectivity index (χ0) is 30.5. The van der Waals surface area contributed by atoms with E-state index in [1.807, 2.05) is 0 Å². The highest BCUT2D eigenvalue weighted by Crippen LogP contribution is 2.34. The van der Waals surface area contributed by atoms with Gasteiger partial charge in [0, 0.05) is 38.1 Å². The number of amides is 1. The summed E-state index contributed by atoms with van der Waals surface area (Å²) in [5.74, 6) is -3.54. The Morgan fingerprint density at radius 1 is 1.10 bits per heavy atom. The molecule has 5 rings (SSSR count). The lowest BCUT2D eigenvalue weighted by atomic mass is 10.1. The highest BCUT2D eigenvalue weighted by atomic mass is 32.2. The number of benzene rings is 1. The predicted molar refractivity (Wildman–Crippen MR) is 150 cm³/mol. The Balaban J connectivity index is 1.86. The molecule has 1 saturated heterocycles. The molecule has 4 aromatic rings. The number of nitrogens with zero attached hydrogens (tertiary/aromatic N) is 6. The van der Waals surface area contributed by atoms with E-state index in [9.17, 15) is 26.8 Å². The highest BCUT2D eigenvalue weighted by Gasteiger charge is 2.31. The van der Waals surface area contributed by atoms with Crippen LogP contribution in [0, 0.1) is 24.4 Å². The van der Waals surface area contributed by atoms with E-state index >= 15 is 4.39 Å². The van der Waals surface area contributed by atoms with Crippen LogP contribution in [0.3, 0.4) is 0 Å². The number of sulfone groups is 1. The van der Waals surface area contributed by atoms with E-state index in [1.165, 1.54) is 25.3 Å². The van der Waals surface area contributed by atoms with Gasteiger partial charge in [0.15, 0.2) is 21.3 Å². The van der Waals surface area contributed by atoms with Crippen molar-refractivity contribution < 1.29 is 26.4 Å². The molecule has 3 aromatic heterocycles. The van der Waals surface area contributed by atoms with E-state index in [2.05, 4.69) is 21.5 Å². The summed E-state index contributed by atoms with van der Waals surface area (Å²) in [7, 11) is -3.93. The average Bonchev–Trinajstić information content (AvgIpc) is 2.92. The zero-order valence-electron chi connectivity index (χ0n) is 22.8. The van der Waals surface area contributed by atoms with Crippen LogP contribution in [0.25, 0.3) is 28.0 Å². The Hall–Kier alpha value is -4.59. The van der Waals surface area contributed by atoms with Gasteiger partial charge in [-0.3, -0.25) is 9.78 Å². The number of aryl methyl sites for hydroxylation is 1. The topological polar surface area (TPSA) is 118 Å². The van der Waals surface area contributed by atoms with Crippen LogP contribution >= 0.6 is 0 Å². The minimum absolute atomic E-state index is 0.0128. The summed E-state index contributed by atoms with van der Waals surface area (Å²) in [6, 6.07) is 4.75. The van der Waals surface area contributed by atoms with Gasteiger partial charge in [0.2, 0.25) is 5.91 Å². The van der Waals surface area contributed by atoms with Crippen LogP contribution in [0.2, 0.25) is 0 Å². The van der Waals surface area contributed by atoms with Gasteiger partial charge in [0.1, 0.15) is 23.1 Å². The summed E-state index contributed by atoms with van der Waals surface area (Å²) in [5.41, 5.74) is -2.81. The van der Waals surface area contributed by atoms with Crippen LogP contribution in [0.1, 0.15) is 12.6 Å². The summed E-state index contributed by atoms with van der Waals surface area (Å²) in [4.78, 5) is 41.5. The average molecular weight is 599 g/mol. The number of carbonyl (C=O) groups excluding carboxylic acids is 1. The monoisotopic (exact) mass is 598 g/mol. The fourth-order valence-corrected chi connectivity index (χ4v) is 6.03. The van der Waals surface area contributed by atoms with Gasteiger partial charge in [-0.1, -0.05) is 12.6 Å². The minimum Gasteiger partial charge on any atom is -0.350 e. The second-order valence-corrected chi connectivity index (χ2v) is 11.9. The molecule has 4 heterocycles. The first-order chi connectivity index (χ1) is 19.8. The molecule has 42 heavy (non-hydrogen) atoms. The maximum atomic E-state index is 15.7. The van der Waals surface area contributed by atoms with Crippen LogP contribution < -0.4 is 10.6 Å². The highest BCUT2D eigenvalue weighted by molar-refractivity contribution is 7.90. The molecular formula is C28H25F3N6O4S. The number of piperazine rings is 1. The zero-order valence-corrected chi connectivity index (χ0v) is 23.6. The first kappa shape index (κ1) is 28.9. The van der Waals surface area contributed by atoms with Crippen LogP contribution in [-0.4, -0.2) is 70.7 Å². The van der Waals surface area contributed by atoms with Gasteiger partial charge in [-0.2, -0.15) is 4.98 Å². The minimum atomic E-state index is -3.93. The quantitative estimate of drug-likeness (QED) is 0.322. The first-order valence-corrected chi connectivity index (χ1v) is 14.6. The van der Waals surface area contributed by atoms with Crippen molar-refractivity contribution in [2.24, 2.45) is 0 Å². The van der Waals surface area contributed by atoms with Gasteiger partial charge in [0.05, 0.1) is 27.2 Å². The fraction of sp³-hybridized carbons (Fsp3) is 0.250. The predicted octanol–water partition coefficient (Wildman–Crippen LogP) is 3.20. The molecule has 0 aliphatic carbocycles. The van der Waals surface area contributed by atoms with Gasteiger partial charge in [0.25, 0.3) is 0 Å². The normalized spacial score (nSPS) is 15.7. The van der Waals surface area contributed by atoms with E-state index < -0.39 is 50.3 Å². The third kappa shape index (κ3) is 4.91. The Kier molecular flexibility index (Phi) is 7.35. The van der Waals surface area contributed by atoms with Crippen molar-refractivity contribution in [3.05, 3.63) is 82.8 Å². The molecule has 1 aromatic carbocycles. The second-order valence-electron chi connectivity index (χ2n) is 9.89. The summed E-state index contributed by atoms with van der Waals surface area (Å²) >= 11 is 0. The number of hydrogen-bond acceptors (Lipinski definition) is 8. The van der Waals surface area contributed by atoms with Gasteiger partial charge in [-0.15, -0.1) is 0 Å². The van der Waals surface area contributed by atoms with E-state index in [1.54, 1.807) is 16.7 Å². The smallest absolute Gasteiger partial charge is 0.350 e. The SMILES string of the molecule is C=CC(=O)N1CCN(c2nc(=O)n(-c3c(S(C)(=O)=O)ccnc3C)c3nc(-c4c(F)cccc4F)c(F)cc23)[C@@H](C)C1. The molecule has 218 valence electrons. The molecule has 0 unspecified atom stereocenters. The van der Waals surface area contributed by atoms with Gasteiger partial charge < -0.3 is 9.80 Å². The Morgan fingerprint density at radius 2 is 1.79 bits per heavy atom. The van der Waals surface area contributed by atoms with Crippen molar-refractivity contribution in [3.8, 4) is 16.9 Å². The molecular weight excluding hydrogens is 573 g/mol. The molecule has 1 atom stereocenters. The van der Waals surface area contributed by atoms with Crippen LogP contribution in [-0.2, 0) is 14.6 Å². The summed E-state index contributed by atoms with van der Waals surface area (Å²) < 4.78 is 71.6.